The summed E-state index contributed by atoms with van der Waals surface area (Å²) in [5.74, 6) is 0.596. The van der Waals surface area contributed by atoms with Crippen LogP contribution < -0.4 is 10.1 Å². The average molecular weight is 278 g/mol. The van der Waals surface area contributed by atoms with Crippen LogP contribution in [0.4, 0.5) is 0 Å². The number of methoxy groups -OCH3 is 1. The molecule has 0 aromatic heterocycles. The Bertz CT molecular complexity index is 598. The first-order chi connectivity index (χ1) is 9.19. The first-order valence-electron chi connectivity index (χ1n) is 6.16. The average Bonchev–Trinajstić information content (AvgIpc) is 2.45. The molecule has 19 heavy (non-hydrogen) atoms. The molecule has 0 bridgehead atoms. The van der Waals surface area contributed by atoms with E-state index in [9.17, 15) is 4.79 Å². The molecule has 0 heterocycles. The Balaban J connectivity index is 2.53. The van der Waals surface area contributed by atoms with Crippen LogP contribution in [-0.2, 0) is 4.79 Å². The minimum absolute atomic E-state index is 0.181. The van der Waals surface area contributed by atoms with Crippen molar-refractivity contribution in [3.63, 3.8) is 0 Å². The summed E-state index contributed by atoms with van der Waals surface area (Å²) in [6.07, 6.45) is 0. The second-order valence-electron chi connectivity index (χ2n) is 4.16. The number of carbonyl (C=O) groups excluding carboxylic acids is 1. The lowest BCUT2D eigenvalue weighted by Gasteiger charge is -2.14. The van der Waals surface area contributed by atoms with Crippen molar-refractivity contribution in [2.24, 2.45) is 0 Å². The van der Waals surface area contributed by atoms with Crippen molar-refractivity contribution in [1.82, 2.24) is 5.32 Å². The smallest absolute Gasteiger partial charge is 0.242 e. The summed E-state index contributed by atoms with van der Waals surface area (Å²) in [7, 11) is 1.63. The second kappa shape index (κ2) is 5.93. The highest BCUT2D eigenvalue weighted by Crippen LogP contribution is 2.33. The Kier molecular flexibility index (Phi) is 4.27. The lowest BCUT2D eigenvalue weighted by molar-refractivity contribution is -0.120. The predicted octanol–water partition coefficient (Wildman–Crippen LogP) is 3.26. The fourth-order valence-corrected chi connectivity index (χ4v) is 2.37. The fourth-order valence-electron chi connectivity index (χ4n) is 2.10. The molecule has 2 aromatic rings. The highest BCUT2D eigenvalue weighted by atomic mass is 35.5. The van der Waals surface area contributed by atoms with E-state index < -0.39 is 5.38 Å². The quantitative estimate of drug-likeness (QED) is 0.871. The first-order valence-corrected chi connectivity index (χ1v) is 6.60. The van der Waals surface area contributed by atoms with Gasteiger partial charge in [0.2, 0.25) is 5.91 Å². The minimum Gasteiger partial charge on any atom is -0.496 e. The number of benzene rings is 2. The van der Waals surface area contributed by atoms with Crippen molar-refractivity contribution in [3.05, 3.63) is 42.0 Å². The maximum absolute atomic E-state index is 11.9. The zero-order valence-corrected chi connectivity index (χ0v) is 11.7. The zero-order valence-electron chi connectivity index (χ0n) is 10.9. The topological polar surface area (TPSA) is 38.3 Å². The summed E-state index contributed by atoms with van der Waals surface area (Å²) in [6, 6.07) is 11.4. The summed E-state index contributed by atoms with van der Waals surface area (Å²) in [5, 5.41) is 3.93. The largest absolute Gasteiger partial charge is 0.496 e. The van der Waals surface area contributed by atoms with E-state index in [0.717, 1.165) is 22.1 Å². The summed E-state index contributed by atoms with van der Waals surface area (Å²) in [6.45, 7) is 2.43. The van der Waals surface area contributed by atoms with Crippen LogP contribution in [0.5, 0.6) is 5.75 Å². The molecule has 0 fully saturated rings. The van der Waals surface area contributed by atoms with E-state index in [1.54, 1.807) is 7.11 Å². The molecule has 1 unspecified atom stereocenters. The summed E-state index contributed by atoms with van der Waals surface area (Å²) in [4.78, 5) is 11.9. The molecule has 0 aliphatic heterocycles. The third-order valence-corrected chi connectivity index (χ3v) is 3.43. The van der Waals surface area contributed by atoms with Gasteiger partial charge in [0.05, 0.1) is 7.11 Å². The number of halogens is 1. The number of ether oxygens (including phenoxy) is 1. The van der Waals surface area contributed by atoms with E-state index in [1.807, 2.05) is 43.3 Å². The van der Waals surface area contributed by atoms with Crippen molar-refractivity contribution in [2.75, 3.05) is 13.7 Å². The van der Waals surface area contributed by atoms with Crippen LogP contribution in [0.2, 0.25) is 0 Å². The maximum atomic E-state index is 11.9. The van der Waals surface area contributed by atoms with Gasteiger partial charge in [0.15, 0.2) is 0 Å². The maximum Gasteiger partial charge on any atom is 0.242 e. The fraction of sp³-hybridized carbons (Fsp3) is 0.267. The van der Waals surface area contributed by atoms with Gasteiger partial charge in [-0.1, -0.05) is 30.3 Å². The molecular formula is C15H16ClNO2. The number of alkyl halides is 1. The SMILES string of the molecule is CCNC(=O)C(Cl)c1ccc(OC)c2ccccc12. The highest BCUT2D eigenvalue weighted by Gasteiger charge is 2.20. The molecule has 0 saturated heterocycles. The third kappa shape index (κ3) is 2.66. The van der Waals surface area contributed by atoms with Crippen LogP contribution >= 0.6 is 11.6 Å². The Morgan fingerprint density at radius 1 is 1.26 bits per heavy atom. The molecule has 2 rings (SSSR count). The highest BCUT2D eigenvalue weighted by molar-refractivity contribution is 6.31. The van der Waals surface area contributed by atoms with Crippen LogP contribution in [0.3, 0.4) is 0 Å². The van der Waals surface area contributed by atoms with Crippen LogP contribution in [0.15, 0.2) is 36.4 Å². The number of amides is 1. The van der Waals surface area contributed by atoms with Gasteiger partial charge in [-0.15, -0.1) is 11.6 Å². The second-order valence-corrected chi connectivity index (χ2v) is 4.60. The van der Waals surface area contributed by atoms with Gasteiger partial charge in [0, 0.05) is 11.9 Å². The van der Waals surface area contributed by atoms with Gasteiger partial charge in [-0.25, -0.2) is 0 Å². The van der Waals surface area contributed by atoms with Crippen LogP contribution in [0.1, 0.15) is 17.9 Å². The predicted molar refractivity (Wildman–Crippen MR) is 77.8 cm³/mol. The van der Waals surface area contributed by atoms with Gasteiger partial charge < -0.3 is 10.1 Å². The summed E-state index contributed by atoms with van der Waals surface area (Å²) in [5.41, 5.74) is 0.795. The molecule has 0 aliphatic rings. The lowest BCUT2D eigenvalue weighted by atomic mass is 10.0. The Hall–Kier alpha value is -1.74. The molecule has 2 aromatic carbocycles. The third-order valence-electron chi connectivity index (χ3n) is 2.99. The van der Waals surface area contributed by atoms with E-state index >= 15 is 0 Å². The number of likely N-dealkylation sites (N-methyl/N-ethyl adjacent to an activating group) is 1. The molecule has 1 N–H and O–H groups in total. The molecule has 0 spiro atoms. The number of nitrogens with one attached hydrogen (secondary N) is 1. The Morgan fingerprint density at radius 2 is 1.95 bits per heavy atom. The van der Waals surface area contributed by atoms with Gasteiger partial charge in [0.1, 0.15) is 11.1 Å². The van der Waals surface area contributed by atoms with E-state index in [1.165, 1.54) is 0 Å². The molecule has 3 nitrogen and oxygen atoms in total. The molecule has 4 heteroatoms. The van der Waals surface area contributed by atoms with Crippen LogP contribution in [0, 0.1) is 0 Å². The summed E-state index contributed by atoms with van der Waals surface area (Å²) < 4.78 is 5.33. The molecule has 1 atom stereocenters. The van der Waals surface area contributed by atoms with E-state index in [-0.39, 0.29) is 5.91 Å². The van der Waals surface area contributed by atoms with Crippen LogP contribution in [0.25, 0.3) is 10.8 Å². The van der Waals surface area contributed by atoms with Crippen molar-refractivity contribution >= 4 is 28.3 Å². The Morgan fingerprint density at radius 3 is 2.58 bits per heavy atom. The molecular weight excluding hydrogens is 262 g/mol. The van der Waals surface area contributed by atoms with Gasteiger partial charge in [-0.05, 0) is 23.9 Å². The van der Waals surface area contributed by atoms with Gasteiger partial charge in [-0.3, -0.25) is 4.79 Å². The number of rotatable bonds is 4. The van der Waals surface area contributed by atoms with Crippen molar-refractivity contribution in [1.29, 1.82) is 0 Å². The molecule has 0 saturated carbocycles. The van der Waals surface area contributed by atoms with E-state index in [2.05, 4.69) is 5.32 Å². The molecule has 0 aliphatic carbocycles. The molecule has 1 amide bonds. The van der Waals surface area contributed by atoms with Crippen molar-refractivity contribution in [2.45, 2.75) is 12.3 Å². The standard InChI is InChI=1S/C15H16ClNO2/c1-3-17-15(18)14(16)12-8-9-13(19-2)11-7-5-4-6-10(11)12/h4-9,14H,3H2,1-2H3,(H,17,18). The van der Waals surface area contributed by atoms with E-state index in [4.69, 9.17) is 16.3 Å². The van der Waals surface area contributed by atoms with Crippen molar-refractivity contribution < 1.29 is 9.53 Å². The normalized spacial score (nSPS) is 12.2. The zero-order chi connectivity index (χ0) is 13.8. The monoisotopic (exact) mass is 277 g/mol. The van der Waals surface area contributed by atoms with Gasteiger partial charge in [-0.2, -0.15) is 0 Å². The van der Waals surface area contributed by atoms with E-state index in [0.29, 0.717) is 6.54 Å². The Labute approximate surface area is 117 Å². The number of hydrogen-bond acceptors (Lipinski definition) is 2. The summed E-state index contributed by atoms with van der Waals surface area (Å²) >= 11 is 6.26. The van der Waals surface area contributed by atoms with Crippen LogP contribution in [-0.4, -0.2) is 19.6 Å². The lowest BCUT2D eigenvalue weighted by Crippen LogP contribution is -2.26. The minimum atomic E-state index is -0.698. The number of carbonyl (C=O) groups is 1. The molecule has 0 radical (unpaired) electrons. The first kappa shape index (κ1) is 13.7. The van der Waals surface area contributed by atoms with Gasteiger partial charge in [0.25, 0.3) is 0 Å². The number of hydrogen-bond donors (Lipinski definition) is 1. The van der Waals surface area contributed by atoms with Gasteiger partial charge >= 0.3 is 0 Å². The molecule has 100 valence electrons. The van der Waals surface area contributed by atoms with Crippen molar-refractivity contribution in [3.8, 4) is 5.75 Å². The number of fused-ring (bicyclic) bond motifs is 1.